The molecule has 1 unspecified atom stereocenters. The molecule has 0 radical (unpaired) electrons. The molecule has 0 aliphatic carbocycles. The Morgan fingerprint density at radius 3 is 2.53 bits per heavy atom. The van der Waals surface area contributed by atoms with E-state index in [-0.39, 0.29) is 6.04 Å². The van der Waals surface area contributed by atoms with Crippen LogP contribution < -0.4 is 0 Å². The van der Waals surface area contributed by atoms with Gasteiger partial charge in [0.25, 0.3) is 0 Å². The topological polar surface area (TPSA) is 27.0 Å². The monoisotopic (exact) mass is 246 g/mol. The average Bonchev–Trinajstić information content (AvgIpc) is 2.47. The maximum Gasteiger partial charge on any atom is 0.0991 e. The Morgan fingerprint density at radius 2 is 1.79 bits per heavy atom. The number of nitriles is 1. The van der Waals surface area contributed by atoms with Gasteiger partial charge in [-0.25, -0.2) is 0 Å². The largest absolute Gasteiger partial charge is 0.369 e. The summed E-state index contributed by atoms with van der Waals surface area (Å²) in [6.45, 7) is 0. The minimum Gasteiger partial charge on any atom is -0.369 e. The number of hydrogen-bond acceptors (Lipinski definition) is 2. The number of nitrogens with zero attached hydrogens (tertiary/aromatic N) is 2. The Kier molecular flexibility index (Phi) is 2.81. The van der Waals surface area contributed by atoms with Crippen LogP contribution in [0.4, 0.5) is 0 Å². The molecule has 0 N–H and O–H groups in total. The lowest BCUT2D eigenvalue weighted by Crippen LogP contribution is -2.23. The van der Waals surface area contributed by atoms with E-state index in [9.17, 15) is 0 Å². The van der Waals surface area contributed by atoms with Gasteiger partial charge in [0.2, 0.25) is 0 Å². The van der Waals surface area contributed by atoms with E-state index < -0.39 is 0 Å². The zero-order chi connectivity index (χ0) is 13.2. The maximum atomic E-state index is 8.88. The second-order valence-corrected chi connectivity index (χ2v) is 4.75. The predicted octanol–water partition coefficient (Wildman–Crippen LogP) is 3.56. The zero-order valence-electron chi connectivity index (χ0n) is 10.7. The highest BCUT2D eigenvalue weighted by molar-refractivity contribution is 5.59. The lowest BCUT2D eigenvalue weighted by Gasteiger charge is -2.32. The molecule has 0 amide bonds. The first-order valence-corrected chi connectivity index (χ1v) is 6.29. The van der Waals surface area contributed by atoms with Crippen LogP contribution in [0.15, 0.2) is 54.7 Å². The number of benzene rings is 2. The van der Waals surface area contributed by atoms with Crippen LogP contribution in [0.1, 0.15) is 28.3 Å². The molecule has 1 aliphatic rings. The highest BCUT2D eigenvalue weighted by Gasteiger charge is 2.22. The molecule has 2 heteroatoms. The summed E-state index contributed by atoms with van der Waals surface area (Å²) in [5.41, 5.74) is 4.47. The van der Waals surface area contributed by atoms with Crippen molar-refractivity contribution < 1.29 is 0 Å². The molecule has 1 aliphatic heterocycles. The molecular weight excluding hydrogens is 232 g/mol. The van der Waals surface area contributed by atoms with Crippen LogP contribution in [-0.4, -0.2) is 11.9 Å². The Hall–Kier alpha value is -2.53. The molecule has 19 heavy (non-hydrogen) atoms. The van der Waals surface area contributed by atoms with Gasteiger partial charge in [-0.15, -0.1) is 0 Å². The van der Waals surface area contributed by atoms with E-state index in [0.717, 1.165) is 0 Å². The van der Waals surface area contributed by atoms with Crippen LogP contribution in [0.25, 0.3) is 6.08 Å². The van der Waals surface area contributed by atoms with Crippen molar-refractivity contribution in [1.29, 1.82) is 5.26 Å². The van der Waals surface area contributed by atoms with Crippen molar-refractivity contribution in [3.05, 3.63) is 77.0 Å². The van der Waals surface area contributed by atoms with Crippen LogP contribution in [-0.2, 0) is 0 Å². The Morgan fingerprint density at radius 1 is 1.05 bits per heavy atom. The molecule has 2 aromatic rings. The molecule has 1 atom stereocenters. The molecule has 0 bridgehead atoms. The first-order chi connectivity index (χ1) is 9.29. The van der Waals surface area contributed by atoms with E-state index in [1.54, 1.807) is 0 Å². The van der Waals surface area contributed by atoms with E-state index in [0.29, 0.717) is 5.56 Å². The normalized spacial score (nSPS) is 16.8. The van der Waals surface area contributed by atoms with Gasteiger partial charge in [0.05, 0.1) is 17.7 Å². The standard InChI is InChI=1S/C17H14N2/c1-19-11-10-14-4-2-3-5-16(14)17(19)15-8-6-13(12-18)7-9-15/h2-11,17H,1H3. The smallest absolute Gasteiger partial charge is 0.0991 e. The second kappa shape index (κ2) is 4.62. The molecule has 0 fully saturated rings. The number of fused-ring (bicyclic) bond motifs is 1. The van der Waals surface area contributed by atoms with Gasteiger partial charge in [0.1, 0.15) is 0 Å². The first kappa shape index (κ1) is 11.6. The van der Waals surface area contributed by atoms with Crippen molar-refractivity contribution in [3.8, 4) is 6.07 Å². The van der Waals surface area contributed by atoms with Gasteiger partial charge < -0.3 is 4.90 Å². The van der Waals surface area contributed by atoms with E-state index in [1.807, 2.05) is 24.3 Å². The molecule has 3 rings (SSSR count). The molecule has 2 nitrogen and oxygen atoms in total. The average molecular weight is 246 g/mol. The Balaban J connectivity index is 2.08. The van der Waals surface area contributed by atoms with Gasteiger partial charge in [-0.05, 0) is 34.9 Å². The molecule has 0 saturated heterocycles. The highest BCUT2D eigenvalue weighted by atomic mass is 15.1. The molecule has 0 spiro atoms. The van der Waals surface area contributed by atoms with Crippen molar-refractivity contribution in [2.24, 2.45) is 0 Å². The quantitative estimate of drug-likeness (QED) is 0.769. The second-order valence-electron chi connectivity index (χ2n) is 4.75. The van der Waals surface area contributed by atoms with Crippen molar-refractivity contribution in [3.63, 3.8) is 0 Å². The zero-order valence-corrected chi connectivity index (χ0v) is 10.7. The molecule has 1 heterocycles. The summed E-state index contributed by atoms with van der Waals surface area (Å²) in [6.07, 6.45) is 4.24. The lowest BCUT2D eigenvalue weighted by molar-refractivity contribution is 0.381. The summed E-state index contributed by atoms with van der Waals surface area (Å²) in [5, 5.41) is 8.88. The highest BCUT2D eigenvalue weighted by Crippen LogP contribution is 2.34. The number of hydrogen-bond donors (Lipinski definition) is 0. The Labute approximate surface area is 113 Å². The number of rotatable bonds is 1. The molecule has 0 saturated carbocycles. The van der Waals surface area contributed by atoms with Gasteiger partial charge in [0, 0.05) is 13.2 Å². The summed E-state index contributed by atoms with van der Waals surface area (Å²) >= 11 is 0. The lowest BCUT2D eigenvalue weighted by atomic mass is 9.91. The SMILES string of the molecule is CN1C=Cc2ccccc2C1c1ccc(C#N)cc1. The van der Waals surface area contributed by atoms with Crippen LogP contribution in [0, 0.1) is 11.3 Å². The van der Waals surface area contributed by atoms with Crippen molar-refractivity contribution in [2.45, 2.75) is 6.04 Å². The summed E-state index contributed by atoms with van der Waals surface area (Å²) in [6, 6.07) is 18.6. The fourth-order valence-corrected chi connectivity index (χ4v) is 2.57. The van der Waals surface area contributed by atoms with Crippen LogP contribution in [0.3, 0.4) is 0 Å². The van der Waals surface area contributed by atoms with Crippen LogP contribution >= 0.6 is 0 Å². The van der Waals surface area contributed by atoms with Gasteiger partial charge in [-0.1, -0.05) is 36.4 Å². The third-order valence-corrected chi connectivity index (χ3v) is 3.54. The maximum absolute atomic E-state index is 8.88. The van der Waals surface area contributed by atoms with Crippen molar-refractivity contribution in [2.75, 3.05) is 7.05 Å². The van der Waals surface area contributed by atoms with Gasteiger partial charge in [-0.3, -0.25) is 0 Å². The van der Waals surface area contributed by atoms with Gasteiger partial charge >= 0.3 is 0 Å². The Bertz CT molecular complexity index is 662. The summed E-state index contributed by atoms with van der Waals surface area (Å²) < 4.78 is 0. The fourth-order valence-electron chi connectivity index (χ4n) is 2.57. The van der Waals surface area contributed by atoms with Crippen LogP contribution in [0.2, 0.25) is 0 Å². The van der Waals surface area contributed by atoms with E-state index in [2.05, 4.69) is 54.6 Å². The fraction of sp³-hybridized carbons (Fsp3) is 0.118. The van der Waals surface area contributed by atoms with E-state index in [1.165, 1.54) is 16.7 Å². The van der Waals surface area contributed by atoms with Gasteiger partial charge in [-0.2, -0.15) is 5.26 Å². The predicted molar refractivity (Wildman–Crippen MR) is 76.2 cm³/mol. The first-order valence-electron chi connectivity index (χ1n) is 6.29. The van der Waals surface area contributed by atoms with E-state index >= 15 is 0 Å². The summed E-state index contributed by atoms with van der Waals surface area (Å²) in [4.78, 5) is 2.20. The minimum atomic E-state index is 0.217. The van der Waals surface area contributed by atoms with Crippen LogP contribution in [0.5, 0.6) is 0 Å². The minimum absolute atomic E-state index is 0.217. The molecular formula is C17H14N2. The third-order valence-electron chi connectivity index (χ3n) is 3.54. The summed E-state index contributed by atoms with van der Waals surface area (Å²) in [7, 11) is 2.08. The van der Waals surface area contributed by atoms with E-state index in [4.69, 9.17) is 5.26 Å². The molecule has 92 valence electrons. The van der Waals surface area contributed by atoms with Crippen molar-refractivity contribution >= 4 is 6.08 Å². The molecule has 2 aromatic carbocycles. The van der Waals surface area contributed by atoms with Crippen molar-refractivity contribution in [1.82, 2.24) is 4.90 Å². The summed E-state index contributed by atoms with van der Waals surface area (Å²) in [5.74, 6) is 0. The van der Waals surface area contributed by atoms with Gasteiger partial charge in [0.15, 0.2) is 0 Å². The molecule has 0 aromatic heterocycles. The third kappa shape index (κ3) is 2.00.